The Kier molecular flexibility index (Phi) is 6.81. The maximum Gasteiger partial charge on any atom is 0.225 e. The van der Waals surface area contributed by atoms with E-state index in [1.165, 1.54) is 18.2 Å². The summed E-state index contributed by atoms with van der Waals surface area (Å²) in [6.07, 6.45) is 1.47. The minimum atomic E-state index is -0.491. The SMILES string of the molecule is CC(C)CCNCCC(=O)Nc1ccc(F)c(Cl)c1. The van der Waals surface area contributed by atoms with Crippen molar-refractivity contribution in [3.05, 3.63) is 29.0 Å². The Morgan fingerprint density at radius 3 is 2.74 bits per heavy atom. The zero-order valence-electron chi connectivity index (χ0n) is 11.3. The first-order valence-electron chi connectivity index (χ1n) is 6.44. The highest BCUT2D eigenvalue weighted by molar-refractivity contribution is 6.31. The molecule has 0 spiro atoms. The van der Waals surface area contributed by atoms with Crippen LogP contribution in [0.15, 0.2) is 18.2 Å². The maximum atomic E-state index is 12.9. The zero-order chi connectivity index (χ0) is 14.3. The summed E-state index contributed by atoms with van der Waals surface area (Å²) >= 11 is 5.63. The molecule has 1 amide bonds. The van der Waals surface area contributed by atoms with Gasteiger partial charge in [0.25, 0.3) is 0 Å². The number of anilines is 1. The molecule has 5 heteroatoms. The molecule has 1 aromatic carbocycles. The van der Waals surface area contributed by atoms with E-state index < -0.39 is 5.82 Å². The van der Waals surface area contributed by atoms with Crippen molar-refractivity contribution < 1.29 is 9.18 Å². The topological polar surface area (TPSA) is 41.1 Å². The highest BCUT2D eigenvalue weighted by atomic mass is 35.5. The summed E-state index contributed by atoms with van der Waals surface area (Å²) in [7, 11) is 0. The number of hydrogen-bond donors (Lipinski definition) is 2. The van der Waals surface area contributed by atoms with E-state index in [1.54, 1.807) is 0 Å². The predicted octanol–water partition coefficient (Wildman–Crippen LogP) is 3.44. The minimum absolute atomic E-state index is 0.00728. The molecule has 0 saturated heterocycles. The highest BCUT2D eigenvalue weighted by Gasteiger charge is 2.05. The number of rotatable bonds is 7. The molecule has 0 aliphatic heterocycles. The summed E-state index contributed by atoms with van der Waals surface area (Å²) in [6.45, 7) is 5.86. The lowest BCUT2D eigenvalue weighted by Crippen LogP contribution is -2.23. The molecule has 0 unspecified atom stereocenters. The van der Waals surface area contributed by atoms with Gasteiger partial charge in [-0.2, -0.15) is 0 Å². The molecule has 0 atom stereocenters. The Balaban J connectivity index is 2.25. The van der Waals surface area contributed by atoms with Crippen molar-refractivity contribution in [2.75, 3.05) is 18.4 Å². The molecule has 1 aromatic rings. The van der Waals surface area contributed by atoms with Gasteiger partial charge >= 0.3 is 0 Å². The van der Waals surface area contributed by atoms with Gasteiger partial charge < -0.3 is 10.6 Å². The number of amides is 1. The smallest absolute Gasteiger partial charge is 0.225 e. The van der Waals surface area contributed by atoms with Crippen molar-refractivity contribution in [3.8, 4) is 0 Å². The molecule has 1 rings (SSSR count). The van der Waals surface area contributed by atoms with Gasteiger partial charge in [-0.05, 0) is 37.1 Å². The lowest BCUT2D eigenvalue weighted by Gasteiger charge is -2.08. The van der Waals surface area contributed by atoms with Crippen LogP contribution in [0.2, 0.25) is 5.02 Å². The molecular weight excluding hydrogens is 267 g/mol. The van der Waals surface area contributed by atoms with Gasteiger partial charge in [-0.3, -0.25) is 4.79 Å². The van der Waals surface area contributed by atoms with Crippen LogP contribution in [0.4, 0.5) is 10.1 Å². The van der Waals surface area contributed by atoms with Crippen molar-refractivity contribution in [3.63, 3.8) is 0 Å². The number of nitrogens with one attached hydrogen (secondary N) is 2. The van der Waals surface area contributed by atoms with Gasteiger partial charge in [-0.1, -0.05) is 25.4 Å². The summed E-state index contributed by atoms with van der Waals surface area (Å²) in [5, 5.41) is 5.89. The van der Waals surface area contributed by atoms with E-state index in [-0.39, 0.29) is 10.9 Å². The first-order chi connectivity index (χ1) is 8.99. The number of halogens is 2. The largest absolute Gasteiger partial charge is 0.326 e. The third-order valence-electron chi connectivity index (χ3n) is 2.63. The molecule has 0 heterocycles. The number of carbonyl (C=O) groups is 1. The van der Waals surface area contributed by atoms with Crippen molar-refractivity contribution in [1.29, 1.82) is 0 Å². The predicted molar refractivity (Wildman–Crippen MR) is 77.0 cm³/mol. The van der Waals surface area contributed by atoms with Crippen LogP contribution in [0.1, 0.15) is 26.7 Å². The summed E-state index contributed by atoms with van der Waals surface area (Å²) in [6, 6.07) is 4.13. The lowest BCUT2D eigenvalue weighted by molar-refractivity contribution is -0.116. The normalized spacial score (nSPS) is 10.8. The second kappa shape index (κ2) is 8.12. The fraction of sp³-hybridized carbons (Fsp3) is 0.500. The first kappa shape index (κ1) is 15.9. The number of carbonyl (C=O) groups excluding carboxylic acids is 1. The molecule has 19 heavy (non-hydrogen) atoms. The van der Waals surface area contributed by atoms with E-state index in [0.717, 1.165) is 13.0 Å². The van der Waals surface area contributed by atoms with E-state index in [0.29, 0.717) is 24.6 Å². The molecule has 0 aliphatic rings. The Hall–Kier alpha value is -1.13. The summed E-state index contributed by atoms with van der Waals surface area (Å²) in [4.78, 5) is 11.6. The summed E-state index contributed by atoms with van der Waals surface area (Å²) in [5.41, 5.74) is 0.513. The standard InChI is InChI=1S/C14H20ClFN2O/c1-10(2)5-7-17-8-6-14(19)18-11-3-4-13(16)12(15)9-11/h3-4,9-10,17H,5-8H2,1-2H3,(H,18,19). The van der Waals surface area contributed by atoms with Crippen LogP contribution in [-0.2, 0) is 4.79 Å². The lowest BCUT2D eigenvalue weighted by atomic mass is 10.1. The molecule has 0 aromatic heterocycles. The zero-order valence-corrected chi connectivity index (χ0v) is 12.1. The second-order valence-electron chi connectivity index (χ2n) is 4.86. The number of benzene rings is 1. The van der Waals surface area contributed by atoms with Gasteiger partial charge in [-0.25, -0.2) is 4.39 Å². The molecule has 3 nitrogen and oxygen atoms in total. The quantitative estimate of drug-likeness (QED) is 0.754. The van der Waals surface area contributed by atoms with Crippen LogP contribution in [0.25, 0.3) is 0 Å². The van der Waals surface area contributed by atoms with Crippen LogP contribution in [-0.4, -0.2) is 19.0 Å². The Labute approximate surface area is 118 Å². The molecular formula is C14H20ClFN2O. The van der Waals surface area contributed by atoms with E-state index in [2.05, 4.69) is 24.5 Å². The van der Waals surface area contributed by atoms with Crippen LogP contribution in [0.3, 0.4) is 0 Å². The van der Waals surface area contributed by atoms with E-state index in [4.69, 9.17) is 11.6 Å². The monoisotopic (exact) mass is 286 g/mol. The fourth-order valence-corrected chi connectivity index (χ4v) is 1.70. The van der Waals surface area contributed by atoms with Crippen LogP contribution < -0.4 is 10.6 Å². The molecule has 0 saturated carbocycles. The van der Waals surface area contributed by atoms with Gasteiger partial charge in [-0.15, -0.1) is 0 Å². The van der Waals surface area contributed by atoms with Crippen molar-refractivity contribution >= 4 is 23.2 Å². The van der Waals surface area contributed by atoms with E-state index >= 15 is 0 Å². The van der Waals surface area contributed by atoms with Gasteiger partial charge in [0.2, 0.25) is 5.91 Å². The Bertz CT molecular complexity index is 424. The minimum Gasteiger partial charge on any atom is -0.326 e. The first-order valence-corrected chi connectivity index (χ1v) is 6.82. The van der Waals surface area contributed by atoms with Crippen molar-refractivity contribution in [2.24, 2.45) is 5.92 Å². The van der Waals surface area contributed by atoms with Gasteiger partial charge in [0.1, 0.15) is 5.82 Å². The van der Waals surface area contributed by atoms with Gasteiger partial charge in [0.05, 0.1) is 5.02 Å². The third kappa shape index (κ3) is 6.55. The molecule has 0 fully saturated rings. The molecule has 0 radical (unpaired) electrons. The summed E-state index contributed by atoms with van der Waals surface area (Å²) < 4.78 is 12.9. The van der Waals surface area contributed by atoms with Crippen LogP contribution in [0, 0.1) is 11.7 Å². The summed E-state index contributed by atoms with van der Waals surface area (Å²) in [5.74, 6) is 0.0532. The van der Waals surface area contributed by atoms with Crippen LogP contribution >= 0.6 is 11.6 Å². The van der Waals surface area contributed by atoms with Gasteiger partial charge in [0.15, 0.2) is 0 Å². The molecule has 0 aliphatic carbocycles. The maximum absolute atomic E-state index is 12.9. The van der Waals surface area contributed by atoms with E-state index in [9.17, 15) is 9.18 Å². The second-order valence-corrected chi connectivity index (χ2v) is 5.27. The molecule has 106 valence electrons. The molecule has 0 bridgehead atoms. The molecule has 2 N–H and O–H groups in total. The Morgan fingerprint density at radius 2 is 2.11 bits per heavy atom. The number of hydrogen-bond acceptors (Lipinski definition) is 2. The fourth-order valence-electron chi connectivity index (χ4n) is 1.52. The van der Waals surface area contributed by atoms with Crippen molar-refractivity contribution in [1.82, 2.24) is 5.32 Å². The van der Waals surface area contributed by atoms with Crippen LogP contribution in [0.5, 0.6) is 0 Å². The average molecular weight is 287 g/mol. The third-order valence-corrected chi connectivity index (χ3v) is 2.92. The van der Waals surface area contributed by atoms with Gasteiger partial charge in [0, 0.05) is 18.7 Å². The highest BCUT2D eigenvalue weighted by Crippen LogP contribution is 2.19. The average Bonchev–Trinajstić information content (AvgIpc) is 2.33. The van der Waals surface area contributed by atoms with Crippen molar-refractivity contribution in [2.45, 2.75) is 26.7 Å². The van der Waals surface area contributed by atoms with E-state index in [1.807, 2.05) is 0 Å². The Morgan fingerprint density at radius 1 is 1.37 bits per heavy atom.